The molecule has 0 aliphatic heterocycles. The first-order valence-corrected chi connectivity index (χ1v) is 4.47. The van der Waals surface area contributed by atoms with Crippen molar-refractivity contribution in [2.24, 2.45) is 5.84 Å². The smallest absolute Gasteiger partial charge is 0.307 e. The van der Waals surface area contributed by atoms with Crippen LogP contribution in [-0.2, 0) is 11.2 Å². The van der Waals surface area contributed by atoms with Crippen molar-refractivity contribution in [1.82, 2.24) is 0 Å². The first-order valence-electron chi connectivity index (χ1n) is 3.71. The number of carboxylic acids is 1. The zero-order valence-corrected chi connectivity index (χ0v) is 8.56. The summed E-state index contributed by atoms with van der Waals surface area (Å²) >= 11 is 11.7. The minimum atomic E-state index is -0.997. The van der Waals surface area contributed by atoms with E-state index in [1.54, 1.807) is 12.1 Å². The van der Waals surface area contributed by atoms with Crippen LogP contribution in [0.15, 0.2) is 12.1 Å². The summed E-state index contributed by atoms with van der Waals surface area (Å²) in [5.74, 6) is 4.18. The summed E-state index contributed by atoms with van der Waals surface area (Å²) < 4.78 is 0. The second-order valence-electron chi connectivity index (χ2n) is 2.60. The highest BCUT2D eigenvalue weighted by molar-refractivity contribution is 6.38. The number of nitrogens with one attached hydrogen (secondary N) is 1. The van der Waals surface area contributed by atoms with E-state index in [2.05, 4.69) is 5.43 Å². The molecule has 0 unspecified atom stereocenters. The van der Waals surface area contributed by atoms with E-state index in [1.807, 2.05) is 0 Å². The van der Waals surface area contributed by atoms with Crippen molar-refractivity contribution >= 4 is 34.9 Å². The van der Waals surface area contributed by atoms with Gasteiger partial charge in [-0.3, -0.25) is 10.6 Å². The molecule has 0 spiro atoms. The molecule has 0 aromatic heterocycles. The molecule has 14 heavy (non-hydrogen) atoms. The molecule has 0 saturated heterocycles. The van der Waals surface area contributed by atoms with Crippen LogP contribution in [0.1, 0.15) is 5.56 Å². The third-order valence-electron chi connectivity index (χ3n) is 1.67. The Morgan fingerprint density at radius 1 is 1.50 bits per heavy atom. The standard InChI is InChI=1S/C8H8Cl2N2O2/c9-5-1-2-6(12-11)8(10)4(5)3-7(13)14/h1-2,12H,3,11H2,(H,13,14). The van der Waals surface area contributed by atoms with Gasteiger partial charge in [-0.05, 0) is 12.1 Å². The maximum atomic E-state index is 10.5. The number of halogens is 2. The highest BCUT2D eigenvalue weighted by Gasteiger charge is 2.12. The Hall–Kier alpha value is -0.970. The average molecular weight is 235 g/mol. The number of carbonyl (C=O) groups is 1. The lowest BCUT2D eigenvalue weighted by Gasteiger charge is -2.09. The maximum absolute atomic E-state index is 10.5. The van der Waals surface area contributed by atoms with Crippen LogP contribution in [0, 0.1) is 0 Å². The number of benzene rings is 1. The van der Waals surface area contributed by atoms with E-state index in [4.69, 9.17) is 34.2 Å². The van der Waals surface area contributed by atoms with Crippen LogP contribution in [0.5, 0.6) is 0 Å². The average Bonchev–Trinajstić information content (AvgIpc) is 2.12. The lowest BCUT2D eigenvalue weighted by Crippen LogP contribution is -2.09. The Morgan fingerprint density at radius 3 is 2.64 bits per heavy atom. The van der Waals surface area contributed by atoms with Crippen LogP contribution in [0.25, 0.3) is 0 Å². The normalized spacial score (nSPS) is 9.93. The first kappa shape index (κ1) is 11.1. The number of aliphatic carboxylic acids is 1. The molecule has 0 radical (unpaired) electrons. The molecular weight excluding hydrogens is 227 g/mol. The fraction of sp³-hybridized carbons (Fsp3) is 0.125. The zero-order valence-electron chi connectivity index (χ0n) is 7.05. The molecule has 4 N–H and O–H groups in total. The lowest BCUT2D eigenvalue weighted by atomic mass is 10.1. The SMILES string of the molecule is NNc1ccc(Cl)c(CC(=O)O)c1Cl. The summed E-state index contributed by atoms with van der Waals surface area (Å²) in [6.45, 7) is 0. The van der Waals surface area contributed by atoms with E-state index in [1.165, 1.54) is 0 Å². The Kier molecular flexibility index (Phi) is 3.57. The Morgan fingerprint density at radius 2 is 2.14 bits per heavy atom. The summed E-state index contributed by atoms with van der Waals surface area (Å²) in [5.41, 5.74) is 3.16. The molecule has 6 heteroatoms. The predicted octanol–water partition coefficient (Wildman–Crippen LogP) is 1.91. The van der Waals surface area contributed by atoms with Gasteiger partial charge in [0.15, 0.2) is 0 Å². The zero-order chi connectivity index (χ0) is 10.7. The van der Waals surface area contributed by atoms with Crippen molar-refractivity contribution in [3.63, 3.8) is 0 Å². The summed E-state index contributed by atoms with van der Waals surface area (Å²) in [5, 5.41) is 9.16. The van der Waals surface area contributed by atoms with Gasteiger partial charge in [0, 0.05) is 10.6 Å². The number of hydrogen-bond donors (Lipinski definition) is 3. The molecule has 0 fully saturated rings. The number of nitrogen functional groups attached to an aromatic ring is 1. The topological polar surface area (TPSA) is 75.3 Å². The molecule has 0 amide bonds. The van der Waals surface area contributed by atoms with Crippen molar-refractivity contribution in [3.05, 3.63) is 27.7 Å². The number of nitrogens with two attached hydrogens (primary N) is 1. The highest BCUT2D eigenvalue weighted by Crippen LogP contribution is 2.31. The monoisotopic (exact) mass is 234 g/mol. The predicted molar refractivity (Wildman–Crippen MR) is 55.6 cm³/mol. The molecule has 0 aliphatic rings. The van der Waals surface area contributed by atoms with E-state index in [0.29, 0.717) is 16.3 Å². The Labute approximate surface area is 90.6 Å². The lowest BCUT2D eigenvalue weighted by molar-refractivity contribution is -0.136. The van der Waals surface area contributed by atoms with Crippen LogP contribution in [0.4, 0.5) is 5.69 Å². The van der Waals surface area contributed by atoms with Crippen LogP contribution in [0.2, 0.25) is 10.0 Å². The minimum absolute atomic E-state index is 0.229. The van der Waals surface area contributed by atoms with E-state index in [9.17, 15) is 4.79 Å². The summed E-state index contributed by atoms with van der Waals surface area (Å²) in [6, 6.07) is 3.12. The fourth-order valence-electron chi connectivity index (χ4n) is 1.02. The van der Waals surface area contributed by atoms with Gasteiger partial charge in [0.1, 0.15) is 0 Å². The van der Waals surface area contributed by atoms with Gasteiger partial charge in [-0.2, -0.15) is 0 Å². The summed E-state index contributed by atoms with van der Waals surface area (Å²) in [6.07, 6.45) is -0.229. The van der Waals surface area contributed by atoms with Gasteiger partial charge in [-0.15, -0.1) is 0 Å². The van der Waals surface area contributed by atoms with E-state index in [0.717, 1.165) is 0 Å². The Balaban J connectivity index is 3.18. The largest absolute Gasteiger partial charge is 0.481 e. The number of rotatable bonds is 3. The van der Waals surface area contributed by atoms with Gasteiger partial charge >= 0.3 is 5.97 Å². The molecule has 0 bridgehead atoms. The van der Waals surface area contributed by atoms with Crippen molar-refractivity contribution in [2.45, 2.75) is 6.42 Å². The van der Waals surface area contributed by atoms with Crippen molar-refractivity contribution in [3.8, 4) is 0 Å². The molecule has 0 heterocycles. The summed E-state index contributed by atoms with van der Waals surface area (Å²) in [7, 11) is 0. The molecule has 76 valence electrons. The van der Waals surface area contributed by atoms with Gasteiger partial charge in [0.2, 0.25) is 0 Å². The van der Waals surface area contributed by atoms with Gasteiger partial charge in [-0.25, -0.2) is 0 Å². The van der Waals surface area contributed by atoms with E-state index >= 15 is 0 Å². The number of hydrazine groups is 1. The number of carboxylic acid groups (broad SMARTS) is 1. The highest BCUT2D eigenvalue weighted by atomic mass is 35.5. The van der Waals surface area contributed by atoms with Crippen molar-refractivity contribution in [1.29, 1.82) is 0 Å². The molecule has 4 nitrogen and oxygen atoms in total. The third-order valence-corrected chi connectivity index (χ3v) is 2.46. The second-order valence-corrected chi connectivity index (χ2v) is 3.39. The quantitative estimate of drug-likeness (QED) is 0.552. The summed E-state index contributed by atoms with van der Waals surface area (Å²) in [4.78, 5) is 10.5. The molecule has 1 aromatic rings. The number of anilines is 1. The van der Waals surface area contributed by atoms with Gasteiger partial charge in [0.25, 0.3) is 0 Å². The van der Waals surface area contributed by atoms with Crippen LogP contribution >= 0.6 is 23.2 Å². The molecular formula is C8H8Cl2N2O2. The van der Waals surface area contributed by atoms with Crippen LogP contribution in [-0.4, -0.2) is 11.1 Å². The van der Waals surface area contributed by atoms with Crippen molar-refractivity contribution in [2.75, 3.05) is 5.43 Å². The van der Waals surface area contributed by atoms with Crippen LogP contribution in [0.3, 0.4) is 0 Å². The van der Waals surface area contributed by atoms with E-state index < -0.39 is 5.97 Å². The maximum Gasteiger partial charge on any atom is 0.307 e. The Bertz CT molecular complexity index is 369. The van der Waals surface area contributed by atoms with Crippen LogP contribution < -0.4 is 11.3 Å². The van der Waals surface area contributed by atoms with Crippen molar-refractivity contribution < 1.29 is 9.90 Å². The molecule has 0 saturated carbocycles. The molecule has 0 atom stereocenters. The fourth-order valence-corrected chi connectivity index (χ4v) is 1.58. The third kappa shape index (κ3) is 2.29. The molecule has 0 aliphatic carbocycles. The van der Waals surface area contributed by atoms with E-state index in [-0.39, 0.29) is 11.4 Å². The van der Waals surface area contributed by atoms with Gasteiger partial charge in [-0.1, -0.05) is 23.2 Å². The number of hydrogen-bond acceptors (Lipinski definition) is 3. The molecule has 1 rings (SSSR count). The molecule has 1 aromatic carbocycles. The van der Waals surface area contributed by atoms with Gasteiger partial charge < -0.3 is 10.5 Å². The first-order chi connectivity index (χ1) is 6.56. The second kappa shape index (κ2) is 4.50. The minimum Gasteiger partial charge on any atom is -0.481 e. The van der Waals surface area contributed by atoms with Gasteiger partial charge in [0.05, 0.1) is 17.1 Å².